The number of carbonyl (C=O) groups is 1. The average molecular weight is 369 g/mol. The Labute approximate surface area is 152 Å². The van der Waals surface area contributed by atoms with Gasteiger partial charge in [-0.15, -0.1) is 5.10 Å². The number of rotatable bonds is 6. The summed E-state index contributed by atoms with van der Waals surface area (Å²) in [6.07, 6.45) is 0.977. The number of H-pyrrole nitrogens is 1. The SMILES string of the molecule is Cc1nc(SCC(=O)N2C[C@H](CO)C[C@H](CN3CCOCC3)C2)n[nH]1. The fourth-order valence-corrected chi connectivity index (χ4v) is 4.29. The van der Waals surface area contributed by atoms with Crippen LogP contribution in [0.3, 0.4) is 0 Å². The smallest absolute Gasteiger partial charge is 0.233 e. The van der Waals surface area contributed by atoms with Crippen molar-refractivity contribution in [3.8, 4) is 0 Å². The van der Waals surface area contributed by atoms with Gasteiger partial charge in [-0.2, -0.15) is 0 Å². The Hall–Kier alpha value is -1.16. The van der Waals surface area contributed by atoms with Gasteiger partial charge in [-0.25, -0.2) is 4.98 Å². The van der Waals surface area contributed by atoms with Crippen LogP contribution in [0.5, 0.6) is 0 Å². The van der Waals surface area contributed by atoms with Crippen LogP contribution in [-0.2, 0) is 9.53 Å². The quantitative estimate of drug-likeness (QED) is 0.681. The molecular weight excluding hydrogens is 342 g/mol. The van der Waals surface area contributed by atoms with Crippen molar-refractivity contribution in [3.05, 3.63) is 5.82 Å². The fraction of sp³-hybridized carbons (Fsp3) is 0.812. The van der Waals surface area contributed by atoms with Crippen LogP contribution in [0.15, 0.2) is 5.16 Å². The number of amides is 1. The molecule has 2 saturated heterocycles. The molecule has 25 heavy (non-hydrogen) atoms. The monoisotopic (exact) mass is 369 g/mol. The largest absolute Gasteiger partial charge is 0.396 e. The first kappa shape index (κ1) is 18.6. The molecule has 9 heteroatoms. The number of ether oxygens (including phenoxy) is 1. The van der Waals surface area contributed by atoms with Crippen molar-refractivity contribution in [2.75, 3.05) is 58.3 Å². The van der Waals surface area contributed by atoms with Gasteiger partial charge in [0.1, 0.15) is 5.82 Å². The summed E-state index contributed by atoms with van der Waals surface area (Å²) >= 11 is 1.35. The lowest BCUT2D eigenvalue weighted by Crippen LogP contribution is -2.49. The van der Waals surface area contributed by atoms with E-state index in [2.05, 4.69) is 20.1 Å². The van der Waals surface area contributed by atoms with Crippen LogP contribution < -0.4 is 0 Å². The van der Waals surface area contributed by atoms with Crippen LogP contribution >= 0.6 is 11.8 Å². The highest BCUT2D eigenvalue weighted by Crippen LogP contribution is 2.24. The lowest BCUT2D eigenvalue weighted by Gasteiger charge is -2.40. The molecule has 1 amide bonds. The highest BCUT2D eigenvalue weighted by Gasteiger charge is 2.31. The zero-order valence-corrected chi connectivity index (χ0v) is 15.5. The summed E-state index contributed by atoms with van der Waals surface area (Å²) in [5.74, 6) is 1.75. The first-order valence-corrected chi connectivity index (χ1v) is 9.83. The van der Waals surface area contributed by atoms with Gasteiger partial charge in [0.2, 0.25) is 11.1 Å². The van der Waals surface area contributed by atoms with Crippen molar-refractivity contribution in [1.29, 1.82) is 0 Å². The Morgan fingerprint density at radius 3 is 2.80 bits per heavy atom. The minimum absolute atomic E-state index is 0.0950. The first-order valence-electron chi connectivity index (χ1n) is 8.84. The average Bonchev–Trinajstić information content (AvgIpc) is 3.05. The molecule has 2 atom stereocenters. The number of likely N-dealkylation sites (tertiary alicyclic amines) is 1. The van der Waals surface area contributed by atoms with E-state index in [0.717, 1.165) is 51.6 Å². The van der Waals surface area contributed by atoms with E-state index in [-0.39, 0.29) is 18.4 Å². The number of nitrogens with zero attached hydrogens (tertiary/aromatic N) is 4. The van der Waals surface area contributed by atoms with E-state index in [4.69, 9.17) is 4.74 Å². The number of aromatic nitrogens is 3. The molecule has 1 aromatic rings. The summed E-state index contributed by atoms with van der Waals surface area (Å²) in [7, 11) is 0. The topological polar surface area (TPSA) is 94.6 Å². The molecule has 2 aliphatic rings. The number of aliphatic hydroxyl groups excluding tert-OH is 1. The number of aliphatic hydroxyl groups is 1. The van der Waals surface area contributed by atoms with Crippen molar-refractivity contribution in [2.45, 2.75) is 18.5 Å². The van der Waals surface area contributed by atoms with Crippen LogP contribution in [0.2, 0.25) is 0 Å². The number of hydrogen-bond acceptors (Lipinski definition) is 7. The normalized spacial score (nSPS) is 25.3. The molecule has 2 N–H and O–H groups in total. The maximum atomic E-state index is 12.6. The zero-order chi connectivity index (χ0) is 17.6. The molecule has 2 aliphatic heterocycles. The van der Waals surface area contributed by atoms with Crippen molar-refractivity contribution in [2.24, 2.45) is 11.8 Å². The number of aromatic amines is 1. The Morgan fingerprint density at radius 1 is 1.36 bits per heavy atom. The summed E-state index contributed by atoms with van der Waals surface area (Å²) in [6.45, 7) is 7.82. The molecule has 0 aliphatic carbocycles. The minimum atomic E-state index is 0.0950. The van der Waals surface area contributed by atoms with Gasteiger partial charge in [0, 0.05) is 39.3 Å². The maximum Gasteiger partial charge on any atom is 0.233 e. The van der Waals surface area contributed by atoms with Gasteiger partial charge in [-0.3, -0.25) is 14.8 Å². The lowest BCUT2D eigenvalue weighted by molar-refractivity contribution is -0.132. The lowest BCUT2D eigenvalue weighted by atomic mass is 9.89. The predicted octanol–water partition coefficient (Wildman–Crippen LogP) is -0.00558. The van der Waals surface area contributed by atoms with Crippen LogP contribution in [0.4, 0.5) is 0 Å². The van der Waals surface area contributed by atoms with Gasteiger partial charge in [0.15, 0.2) is 0 Å². The standard InChI is InChI=1S/C16H27N5O3S/c1-12-17-16(19-18-12)25-11-15(23)21-8-13(6-14(9-21)10-22)7-20-2-4-24-5-3-20/h13-14,22H,2-11H2,1H3,(H,17,18,19)/t13-,14-/m1/s1. The highest BCUT2D eigenvalue weighted by molar-refractivity contribution is 7.99. The van der Waals surface area contributed by atoms with Gasteiger partial charge < -0.3 is 14.7 Å². The highest BCUT2D eigenvalue weighted by atomic mass is 32.2. The Balaban J connectivity index is 1.52. The van der Waals surface area contributed by atoms with E-state index in [9.17, 15) is 9.90 Å². The third-order valence-electron chi connectivity index (χ3n) is 4.76. The summed E-state index contributed by atoms with van der Waals surface area (Å²) in [6, 6.07) is 0. The molecular formula is C16H27N5O3S. The molecule has 0 radical (unpaired) electrons. The Bertz CT molecular complexity index is 564. The molecule has 0 unspecified atom stereocenters. The molecule has 0 aromatic carbocycles. The van der Waals surface area contributed by atoms with Gasteiger partial charge in [-0.1, -0.05) is 11.8 Å². The minimum Gasteiger partial charge on any atom is -0.396 e. The number of nitrogens with one attached hydrogen (secondary N) is 1. The van der Waals surface area contributed by atoms with E-state index < -0.39 is 0 Å². The molecule has 0 bridgehead atoms. The van der Waals surface area contributed by atoms with Gasteiger partial charge in [0.25, 0.3) is 0 Å². The number of hydrogen-bond donors (Lipinski definition) is 2. The van der Waals surface area contributed by atoms with Crippen LogP contribution in [0, 0.1) is 18.8 Å². The summed E-state index contributed by atoms with van der Waals surface area (Å²) in [5.41, 5.74) is 0. The first-order chi connectivity index (χ1) is 12.1. The molecule has 2 fully saturated rings. The van der Waals surface area contributed by atoms with Crippen LogP contribution in [0.25, 0.3) is 0 Å². The van der Waals surface area contributed by atoms with Gasteiger partial charge in [0.05, 0.1) is 19.0 Å². The third-order valence-corrected chi connectivity index (χ3v) is 5.59. The predicted molar refractivity (Wildman–Crippen MR) is 94.4 cm³/mol. The van der Waals surface area contributed by atoms with E-state index in [0.29, 0.717) is 23.4 Å². The van der Waals surface area contributed by atoms with Crippen molar-refractivity contribution in [1.82, 2.24) is 25.0 Å². The number of morpholine rings is 1. The summed E-state index contributed by atoms with van der Waals surface area (Å²) < 4.78 is 5.40. The van der Waals surface area contributed by atoms with Crippen molar-refractivity contribution >= 4 is 17.7 Å². The van der Waals surface area contributed by atoms with Crippen molar-refractivity contribution in [3.63, 3.8) is 0 Å². The number of thioether (sulfide) groups is 1. The second-order valence-corrected chi connectivity index (χ2v) is 7.80. The molecule has 8 nitrogen and oxygen atoms in total. The Morgan fingerprint density at radius 2 is 2.12 bits per heavy atom. The summed E-state index contributed by atoms with van der Waals surface area (Å²) in [4.78, 5) is 21.1. The molecule has 3 heterocycles. The zero-order valence-electron chi connectivity index (χ0n) is 14.7. The Kier molecular flexibility index (Phi) is 6.69. The number of aryl methyl sites for hydroxylation is 1. The molecule has 3 rings (SSSR count). The molecule has 0 spiro atoms. The van der Waals surface area contributed by atoms with Gasteiger partial charge in [-0.05, 0) is 25.2 Å². The van der Waals surface area contributed by atoms with E-state index in [1.807, 2.05) is 11.8 Å². The van der Waals surface area contributed by atoms with Crippen molar-refractivity contribution < 1.29 is 14.6 Å². The second kappa shape index (κ2) is 8.98. The fourth-order valence-electron chi connectivity index (χ4n) is 3.54. The summed E-state index contributed by atoms with van der Waals surface area (Å²) in [5, 5.41) is 17.1. The van der Waals surface area contributed by atoms with E-state index in [1.165, 1.54) is 11.8 Å². The number of carbonyl (C=O) groups excluding carboxylic acids is 1. The van der Waals surface area contributed by atoms with Gasteiger partial charge >= 0.3 is 0 Å². The van der Waals surface area contributed by atoms with Crippen LogP contribution in [0.1, 0.15) is 12.2 Å². The van der Waals surface area contributed by atoms with Crippen LogP contribution in [-0.4, -0.2) is 94.3 Å². The number of piperidine rings is 1. The van der Waals surface area contributed by atoms with E-state index >= 15 is 0 Å². The van der Waals surface area contributed by atoms with E-state index in [1.54, 1.807) is 0 Å². The molecule has 1 aromatic heterocycles. The molecule has 0 saturated carbocycles. The molecule has 140 valence electrons. The second-order valence-electron chi connectivity index (χ2n) is 6.85. The maximum absolute atomic E-state index is 12.6. The third kappa shape index (κ3) is 5.40.